The second kappa shape index (κ2) is 9.56. The van der Waals surface area contributed by atoms with Crippen LogP contribution in [0.25, 0.3) is 0 Å². The zero-order valence-corrected chi connectivity index (χ0v) is 15.0. The molecule has 0 amide bonds. The SMILES string of the molecule is CCCCOC(=O)c1cc(CC)c(Cl)cc1C(=O)OCC(C)C. The monoisotopic (exact) mass is 340 g/mol. The predicted molar refractivity (Wildman–Crippen MR) is 91.1 cm³/mol. The molecule has 0 aliphatic heterocycles. The summed E-state index contributed by atoms with van der Waals surface area (Å²) in [5, 5.41) is 0.453. The van der Waals surface area contributed by atoms with Gasteiger partial charge in [-0.1, -0.05) is 45.7 Å². The fourth-order valence-corrected chi connectivity index (χ4v) is 2.23. The molecule has 0 aliphatic carbocycles. The highest BCUT2D eigenvalue weighted by atomic mass is 35.5. The minimum absolute atomic E-state index is 0.161. The van der Waals surface area contributed by atoms with Crippen LogP contribution in [0.15, 0.2) is 12.1 Å². The second-order valence-electron chi connectivity index (χ2n) is 5.82. The van der Waals surface area contributed by atoms with Crippen LogP contribution < -0.4 is 0 Å². The molecule has 1 rings (SSSR count). The average molecular weight is 341 g/mol. The van der Waals surface area contributed by atoms with Crippen molar-refractivity contribution in [2.75, 3.05) is 13.2 Å². The van der Waals surface area contributed by atoms with E-state index in [2.05, 4.69) is 0 Å². The van der Waals surface area contributed by atoms with Crippen molar-refractivity contribution in [1.29, 1.82) is 0 Å². The van der Waals surface area contributed by atoms with Gasteiger partial charge in [-0.2, -0.15) is 0 Å². The molecule has 0 atom stereocenters. The maximum absolute atomic E-state index is 12.3. The topological polar surface area (TPSA) is 52.6 Å². The molecule has 0 radical (unpaired) electrons. The van der Waals surface area contributed by atoms with Gasteiger partial charge in [0.15, 0.2) is 0 Å². The van der Waals surface area contributed by atoms with Gasteiger partial charge in [-0.05, 0) is 36.5 Å². The number of unbranched alkanes of at least 4 members (excludes halogenated alkanes) is 1. The van der Waals surface area contributed by atoms with E-state index >= 15 is 0 Å². The summed E-state index contributed by atoms with van der Waals surface area (Å²) in [7, 11) is 0. The van der Waals surface area contributed by atoms with Crippen LogP contribution in [0.3, 0.4) is 0 Å². The van der Waals surface area contributed by atoms with E-state index in [0.717, 1.165) is 18.4 Å². The van der Waals surface area contributed by atoms with Crippen LogP contribution in [0.1, 0.15) is 66.8 Å². The molecule has 1 aromatic carbocycles. The summed E-state index contributed by atoms with van der Waals surface area (Å²) in [6, 6.07) is 3.13. The van der Waals surface area contributed by atoms with Crippen molar-refractivity contribution in [3.8, 4) is 0 Å². The Morgan fingerprint density at radius 1 is 1.09 bits per heavy atom. The summed E-state index contributed by atoms with van der Waals surface area (Å²) in [5.74, 6) is -0.851. The Hall–Kier alpha value is -1.55. The van der Waals surface area contributed by atoms with E-state index in [9.17, 15) is 9.59 Å². The summed E-state index contributed by atoms with van der Waals surface area (Å²) in [5.41, 5.74) is 1.18. The van der Waals surface area contributed by atoms with Crippen LogP contribution in [0, 0.1) is 5.92 Å². The third kappa shape index (κ3) is 5.87. The molecule has 0 unspecified atom stereocenters. The lowest BCUT2D eigenvalue weighted by Crippen LogP contribution is -2.17. The Labute approximate surface area is 143 Å². The first-order valence-corrected chi connectivity index (χ1v) is 8.45. The number of hydrogen-bond acceptors (Lipinski definition) is 4. The van der Waals surface area contributed by atoms with Crippen molar-refractivity contribution in [2.45, 2.75) is 47.0 Å². The molecular formula is C18H25ClO4. The van der Waals surface area contributed by atoms with Gasteiger partial charge in [-0.3, -0.25) is 0 Å². The number of esters is 2. The van der Waals surface area contributed by atoms with Crippen LogP contribution in [0.2, 0.25) is 5.02 Å². The maximum atomic E-state index is 12.3. The van der Waals surface area contributed by atoms with Crippen molar-refractivity contribution in [3.63, 3.8) is 0 Å². The zero-order chi connectivity index (χ0) is 17.4. The van der Waals surface area contributed by atoms with Gasteiger partial charge in [0, 0.05) is 5.02 Å². The van der Waals surface area contributed by atoms with E-state index in [1.54, 1.807) is 6.07 Å². The van der Waals surface area contributed by atoms with Gasteiger partial charge in [0.05, 0.1) is 24.3 Å². The summed E-state index contributed by atoms with van der Waals surface area (Å²) in [6.45, 7) is 8.46. The van der Waals surface area contributed by atoms with Crippen LogP contribution >= 0.6 is 11.6 Å². The molecule has 23 heavy (non-hydrogen) atoms. The van der Waals surface area contributed by atoms with Gasteiger partial charge in [0.1, 0.15) is 0 Å². The van der Waals surface area contributed by atoms with Gasteiger partial charge >= 0.3 is 11.9 Å². The van der Waals surface area contributed by atoms with E-state index in [0.29, 0.717) is 18.1 Å². The maximum Gasteiger partial charge on any atom is 0.339 e. The number of benzene rings is 1. The molecule has 0 aromatic heterocycles. The molecule has 0 aliphatic rings. The van der Waals surface area contributed by atoms with E-state index in [-0.39, 0.29) is 23.7 Å². The molecule has 0 spiro atoms. The quantitative estimate of drug-likeness (QED) is 0.509. The number of aryl methyl sites for hydroxylation is 1. The highest BCUT2D eigenvalue weighted by Gasteiger charge is 2.22. The molecule has 0 saturated heterocycles. The normalized spacial score (nSPS) is 10.7. The average Bonchev–Trinajstić information content (AvgIpc) is 2.52. The van der Waals surface area contributed by atoms with Crippen molar-refractivity contribution in [3.05, 3.63) is 33.8 Å². The van der Waals surface area contributed by atoms with Gasteiger partial charge in [0.2, 0.25) is 0 Å². The summed E-state index contributed by atoms with van der Waals surface area (Å²) >= 11 is 6.18. The minimum Gasteiger partial charge on any atom is -0.462 e. The lowest BCUT2D eigenvalue weighted by molar-refractivity contribution is 0.0428. The highest BCUT2D eigenvalue weighted by Crippen LogP contribution is 2.24. The standard InChI is InChI=1S/C18H25ClO4/c1-5-7-8-22-17(20)14-9-13(6-2)16(19)10-15(14)18(21)23-11-12(3)4/h9-10,12H,5-8,11H2,1-4H3. The van der Waals surface area contributed by atoms with Crippen molar-refractivity contribution in [1.82, 2.24) is 0 Å². The lowest BCUT2D eigenvalue weighted by atomic mass is 10.0. The molecule has 0 bridgehead atoms. The van der Waals surface area contributed by atoms with Gasteiger partial charge < -0.3 is 9.47 Å². The lowest BCUT2D eigenvalue weighted by Gasteiger charge is -2.13. The van der Waals surface area contributed by atoms with E-state index < -0.39 is 11.9 Å². The van der Waals surface area contributed by atoms with Crippen LogP contribution in [-0.2, 0) is 15.9 Å². The summed E-state index contributed by atoms with van der Waals surface area (Å²) in [6.07, 6.45) is 2.37. The van der Waals surface area contributed by atoms with Crippen molar-refractivity contribution >= 4 is 23.5 Å². The minimum atomic E-state index is -0.550. The zero-order valence-electron chi connectivity index (χ0n) is 14.3. The van der Waals surface area contributed by atoms with Crippen molar-refractivity contribution < 1.29 is 19.1 Å². The molecule has 128 valence electrons. The highest BCUT2D eigenvalue weighted by molar-refractivity contribution is 6.32. The fraction of sp³-hybridized carbons (Fsp3) is 0.556. The van der Waals surface area contributed by atoms with E-state index in [1.807, 2.05) is 27.7 Å². The Balaban J connectivity index is 3.08. The summed E-state index contributed by atoms with van der Waals surface area (Å²) in [4.78, 5) is 24.6. The fourth-order valence-electron chi connectivity index (χ4n) is 1.93. The molecule has 5 heteroatoms. The number of halogens is 1. The first-order valence-electron chi connectivity index (χ1n) is 8.07. The van der Waals surface area contributed by atoms with E-state index in [4.69, 9.17) is 21.1 Å². The first-order chi connectivity index (χ1) is 10.9. The number of carbonyl (C=O) groups excluding carboxylic acids is 2. The largest absolute Gasteiger partial charge is 0.462 e. The molecule has 1 aromatic rings. The van der Waals surface area contributed by atoms with Crippen LogP contribution in [0.4, 0.5) is 0 Å². The third-order valence-corrected chi connectivity index (χ3v) is 3.64. The Kier molecular flexibility index (Phi) is 8.10. The van der Waals surface area contributed by atoms with Gasteiger partial charge in [0.25, 0.3) is 0 Å². The molecular weight excluding hydrogens is 316 g/mol. The molecule has 0 fully saturated rings. The number of ether oxygens (including phenoxy) is 2. The third-order valence-electron chi connectivity index (χ3n) is 3.29. The molecule has 0 N–H and O–H groups in total. The molecule has 0 saturated carbocycles. The van der Waals surface area contributed by atoms with Gasteiger partial charge in [-0.15, -0.1) is 0 Å². The van der Waals surface area contributed by atoms with Crippen LogP contribution in [0.5, 0.6) is 0 Å². The predicted octanol–water partition coefficient (Wildman–Crippen LogP) is 4.67. The summed E-state index contributed by atoms with van der Waals surface area (Å²) < 4.78 is 10.5. The second-order valence-corrected chi connectivity index (χ2v) is 6.23. The van der Waals surface area contributed by atoms with Crippen LogP contribution in [-0.4, -0.2) is 25.2 Å². The molecule has 0 heterocycles. The number of rotatable bonds is 8. The van der Waals surface area contributed by atoms with Crippen molar-refractivity contribution in [2.24, 2.45) is 5.92 Å². The number of hydrogen-bond donors (Lipinski definition) is 0. The first kappa shape index (κ1) is 19.5. The van der Waals surface area contributed by atoms with E-state index in [1.165, 1.54) is 6.07 Å². The Morgan fingerprint density at radius 3 is 2.26 bits per heavy atom. The smallest absolute Gasteiger partial charge is 0.339 e. The number of carbonyl (C=O) groups is 2. The Morgan fingerprint density at radius 2 is 1.70 bits per heavy atom. The molecule has 4 nitrogen and oxygen atoms in total. The Bertz CT molecular complexity index is 552. The van der Waals surface area contributed by atoms with Gasteiger partial charge in [-0.25, -0.2) is 9.59 Å².